The van der Waals surface area contributed by atoms with Gasteiger partial charge < -0.3 is 15.0 Å². The summed E-state index contributed by atoms with van der Waals surface area (Å²) in [6.07, 6.45) is 4.10. The molecule has 0 aliphatic carbocycles. The van der Waals surface area contributed by atoms with Crippen LogP contribution < -0.4 is 5.32 Å². The molecule has 0 spiro atoms. The highest BCUT2D eigenvalue weighted by Crippen LogP contribution is 2.18. The molecule has 0 saturated carbocycles. The molecule has 1 fully saturated rings. The van der Waals surface area contributed by atoms with E-state index in [9.17, 15) is 9.59 Å². The molecule has 1 aliphatic rings. The van der Waals surface area contributed by atoms with E-state index in [-0.39, 0.29) is 30.1 Å². The zero-order valence-electron chi connectivity index (χ0n) is 14.8. The summed E-state index contributed by atoms with van der Waals surface area (Å²) in [5.74, 6) is -0.407. The summed E-state index contributed by atoms with van der Waals surface area (Å²) in [7, 11) is 0. The maximum Gasteiger partial charge on any atom is 0.410 e. The Hall–Kier alpha value is -2.67. The number of halogens is 1. The number of hydrogen-bond acceptors (Lipinski definition) is 5. The number of ether oxygens (including phenoxy) is 1. The van der Waals surface area contributed by atoms with Gasteiger partial charge in [0.25, 0.3) is 0 Å². The molecule has 1 aromatic carbocycles. The van der Waals surface area contributed by atoms with Gasteiger partial charge >= 0.3 is 6.09 Å². The summed E-state index contributed by atoms with van der Waals surface area (Å²) in [5.41, 5.74) is 1.44. The van der Waals surface area contributed by atoms with Gasteiger partial charge in [-0.3, -0.25) is 9.78 Å². The Balaban J connectivity index is 1.48. The monoisotopic (exact) mass is 388 g/mol. The third kappa shape index (κ3) is 5.40. The minimum Gasteiger partial charge on any atom is -0.445 e. The second-order valence-corrected chi connectivity index (χ2v) is 6.70. The number of carbonyl (C=O) groups is 2. The fraction of sp³-hybridized carbons (Fsp3) is 0.368. The molecular weight excluding hydrogens is 368 g/mol. The average Bonchev–Trinajstić information content (AvgIpc) is 2.72. The molecule has 3 rings (SSSR count). The minimum absolute atomic E-state index is 0.128. The minimum atomic E-state index is -0.395. The van der Waals surface area contributed by atoms with E-state index in [4.69, 9.17) is 16.3 Å². The van der Waals surface area contributed by atoms with Gasteiger partial charge in [-0.2, -0.15) is 0 Å². The third-order valence-corrected chi connectivity index (χ3v) is 4.72. The molecule has 0 radical (unpaired) electrons. The van der Waals surface area contributed by atoms with E-state index in [0.29, 0.717) is 18.8 Å². The van der Waals surface area contributed by atoms with Crippen molar-refractivity contribution in [1.29, 1.82) is 0 Å². The van der Waals surface area contributed by atoms with Gasteiger partial charge in [-0.1, -0.05) is 41.9 Å². The van der Waals surface area contributed by atoms with E-state index >= 15 is 0 Å². The molecule has 1 aliphatic heterocycles. The van der Waals surface area contributed by atoms with Gasteiger partial charge in [-0.25, -0.2) is 9.78 Å². The number of rotatable bonds is 5. The maximum atomic E-state index is 12.4. The molecule has 1 N–H and O–H groups in total. The lowest BCUT2D eigenvalue weighted by molar-refractivity contribution is -0.126. The molecule has 8 heteroatoms. The van der Waals surface area contributed by atoms with Crippen LogP contribution in [0.25, 0.3) is 0 Å². The fourth-order valence-electron chi connectivity index (χ4n) is 2.95. The number of nitrogens with one attached hydrogen (secondary N) is 1. The number of amides is 2. The van der Waals surface area contributed by atoms with Gasteiger partial charge in [0.15, 0.2) is 5.15 Å². The van der Waals surface area contributed by atoms with Gasteiger partial charge in [-0.05, 0) is 18.4 Å². The molecule has 2 heterocycles. The van der Waals surface area contributed by atoms with Crippen LogP contribution in [0.15, 0.2) is 42.7 Å². The molecule has 2 amide bonds. The SMILES string of the molecule is O=C(NCc1nccnc1Cl)[C@@H]1CCCN(C(=O)OCc2ccccc2)C1. The summed E-state index contributed by atoms with van der Waals surface area (Å²) in [4.78, 5) is 34.4. The number of aromatic nitrogens is 2. The Labute approximate surface area is 162 Å². The van der Waals surface area contributed by atoms with Crippen LogP contribution in [0.1, 0.15) is 24.1 Å². The lowest BCUT2D eigenvalue weighted by Gasteiger charge is -2.31. The van der Waals surface area contributed by atoms with Crippen molar-refractivity contribution in [2.24, 2.45) is 5.92 Å². The third-order valence-electron chi connectivity index (χ3n) is 4.41. The van der Waals surface area contributed by atoms with Crippen molar-refractivity contribution in [2.75, 3.05) is 13.1 Å². The van der Waals surface area contributed by atoms with Crippen molar-refractivity contribution >= 4 is 23.6 Å². The maximum absolute atomic E-state index is 12.4. The summed E-state index contributed by atoms with van der Waals surface area (Å²) >= 11 is 5.95. The number of carbonyl (C=O) groups excluding carboxylic acids is 2. The molecule has 0 unspecified atom stereocenters. The highest BCUT2D eigenvalue weighted by Gasteiger charge is 2.29. The first-order valence-corrected chi connectivity index (χ1v) is 9.20. The van der Waals surface area contributed by atoms with Crippen LogP contribution in [0, 0.1) is 5.92 Å². The zero-order chi connectivity index (χ0) is 19.1. The second-order valence-electron chi connectivity index (χ2n) is 6.34. The van der Waals surface area contributed by atoms with Crippen LogP contribution in [-0.4, -0.2) is 40.0 Å². The van der Waals surface area contributed by atoms with E-state index in [1.807, 2.05) is 30.3 Å². The molecule has 7 nitrogen and oxygen atoms in total. The molecular formula is C19H21ClN4O3. The van der Waals surface area contributed by atoms with Gasteiger partial charge in [0.05, 0.1) is 18.2 Å². The quantitative estimate of drug-likeness (QED) is 0.851. The van der Waals surface area contributed by atoms with Gasteiger partial charge in [-0.15, -0.1) is 0 Å². The topological polar surface area (TPSA) is 84.4 Å². The van der Waals surface area contributed by atoms with Gasteiger partial charge in [0.1, 0.15) is 6.61 Å². The highest BCUT2D eigenvalue weighted by atomic mass is 35.5. The van der Waals surface area contributed by atoms with Crippen LogP contribution >= 0.6 is 11.6 Å². The standard InChI is InChI=1S/C19H21ClN4O3/c20-17-16(21-8-9-22-17)11-23-18(25)15-7-4-10-24(12-15)19(26)27-13-14-5-2-1-3-6-14/h1-3,5-6,8-9,15H,4,7,10-13H2,(H,23,25)/t15-/m1/s1. The lowest BCUT2D eigenvalue weighted by atomic mass is 9.97. The molecule has 1 aromatic heterocycles. The van der Waals surface area contributed by atoms with Crippen molar-refractivity contribution in [1.82, 2.24) is 20.2 Å². The molecule has 27 heavy (non-hydrogen) atoms. The Morgan fingerprint density at radius 3 is 2.78 bits per heavy atom. The summed E-state index contributed by atoms with van der Waals surface area (Å²) < 4.78 is 5.36. The molecule has 2 aromatic rings. The first-order valence-electron chi connectivity index (χ1n) is 8.82. The van der Waals surface area contributed by atoms with Gasteiger partial charge in [0.2, 0.25) is 5.91 Å². The normalized spacial score (nSPS) is 16.6. The fourth-order valence-corrected chi connectivity index (χ4v) is 3.12. The first kappa shape index (κ1) is 19.1. The highest BCUT2D eigenvalue weighted by molar-refractivity contribution is 6.29. The van der Waals surface area contributed by atoms with Crippen molar-refractivity contribution in [3.63, 3.8) is 0 Å². The predicted molar refractivity (Wildman–Crippen MR) is 99.8 cm³/mol. The number of hydrogen-bond donors (Lipinski definition) is 1. The van der Waals surface area contributed by atoms with Crippen molar-refractivity contribution < 1.29 is 14.3 Å². The Kier molecular flexibility index (Phi) is 6.59. The first-order chi connectivity index (χ1) is 13.1. The summed E-state index contributed by atoms with van der Waals surface area (Å²) in [6, 6.07) is 9.50. The molecule has 1 atom stereocenters. The van der Waals surface area contributed by atoms with Crippen molar-refractivity contribution in [3.05, 3.63) is 59.1 Å². The summed E-state index contributed by atoms with van der Waals surface area (Å²) in [6.45, 7) is 1.36. The number of piperidine rings is 1. The smallest absolute Gasteiger partial charge is 0.410 e. The molecule has 0 bridgehead atoms. The number of likely N-dealkylation sites (tertiary alicyclic amines) is 1. The van der Waals surface area contributed by atoms with Crippen LogP contribution in [0.4, 0.5) is 4.79 Å². The van der Waals surface area contributed by atoms with Crippen LogP contribution in [-0.2, 0) is 22.7 Å². The second kappa shape index (κ2) is 9.32. The van der Waals surface area contributed by atoms with E-state index in [1.54, 1.807) is 4.90 Å². The van der Waals surface area contributed by atoms with Crippen LogP contribution in [0.5, 0.6) is 0 Å². The Morgan fingerprint density at radius 1 is 1.22 bits per heavy atom. The zero-order valence-corrected chi connectivity index (χ0v) is 15.6. The van der Waals surface area contributed by atoms with E-state index < -0.39 is 6.09 Å². The van der Waals surface area contributed by atoms with Crippen molar-refractivity contribution in [3.8, 4) is 0 Å². The van der Waals surface area contributed by atoms with Crippen LogP contribution in [0.2, 0.25) is 5.15 Å². The summed E-state index contributed by atoms with van der Waals surface area (Å²) in [5, 5.41) is 3.09. The molecule has 1 saturated heterocycles. The van der Waals surface area contributed by atoms with Crippen molar-refractivity contribution in [2.45, 2.75) is 26.0 Å². The van der Waals surface area contributed by atoms with Crippen LogP contribution in [0.3, 0.4) is 0 Å². The lowest BCUT2D eigenvalue weighted by Crippen LogP contribution is -2.45. The van der Waals surface area contributed by atoms with E-state index in [1.165, 1.54) is 12.4 Å². The largest absolute Gasteiger partial charge is 0.445 e. The Bertz CT molecular complexity index is 788. The molecule has 142 valence electrons. The van der Waals surface area contributed by atoms with Gasteiger partial charge in [0, 0.05) is 25.5 Å². The van der Waals surface area contributed by atoms with E-state index in [0.717, 1.165) is 18.4 Å². The number of benzene rings is 1. The van der Waals surface area contributed by atoms with E-state index in [2.05, 4.69) is 15.3 Å². The predicted octanol–water partition coefficient (Wildman–Crippen LogP) is 2.80. The Morgan fingerprint density at radius 2 is 2.00 bits per heavy atom. The average molecular weight is 389 g/mol. The number of nitrogens with zero attached hydrogens (tertiary/aromatic N) is 3.